The van der Waals surface area contributed by atoms with Gasteiger partial charge in [-0.15, -0.1) is 0 Å². The van der Waals surface area contributed by atoms with Crippen LogP contribution >= 0.6 is 0 Å². The number of rotatable bonds is 5. The van der Waals surface area contributed by atoms with Crippen LogP contribution in [0.5, 0.6) is 0 Å². The molecule has 108 valence electrons. The lowest BCUT2D eigenvalue weighted by Crippen LogP contribution is -2.30. The van der Waals surface area contributed by atoms with Gasteiger partial charge in [0.15, 0.2) is 0 Å². The van der Waals surface area contributed by atoms with Crippen molar-refractivity contribution in [3.8, 4) is 0 Å². The van der Waals surface area contributed by atoms with Gasteiger partial charge < -0.3 is 15.8 Å². The van der Waals surface area contributed by atoms with Gasteiger partial charge in [0.2, 0.25) is 0 Å². The first kappa shape index (κ1) is 15.7. The van der Waals surface area contributed by atoms with E-state index in [4.69, 9.17) is 5.84 Å². The van der Waals surface area contributed by atoms with Gasteiger partial charge in [-0.3, -0.25) is 0 Å². The number of aliphatic hydroxyl groups excluding tert-OH is 1. The molecule has 1 rings (SSSR count). The second-order valence-electron chi connectivity index (χ2n) is 6.03. The van der Waals surface area contributed by atoms with Crippen molar-refractivity contribution in [2.45, 2.75) is 46.1 Å². The first-order chi connectivity index (χ1) is 8.77. The minimum Gasteiger partial charge on any atom is -0.394 e. The minimum absolute atomic E-state index is 0.0478. The fraction of sp³-hybridized carbons (Fsp3) is 0.692. The summed E-state index contributed by atoms with van der Waals surface area (Å²) < 4.78 is 0. The Morgan fingerprint density at radius 3 is 2.26 bits per heavy atom. The van der Waals surface area contributed by atoms with E-state index in [9.17, 15) is 5.11 Å². The summed E-state index contributed by atoms with van der Waals surface area (Å²) in [6, 6.07) is 1.69. The quantitative estimate of drug-likeness (QED) is 0.477. The number of nitrogens with one attached hydrogen (secondary N) is 2. The smallest absolute Gasteiger partial charge is 0.145 e. The van der Waals surface area contributed by atoms with Gasteiger partial charge in [0.25, 0.3) is 0 Å². The number of nitrogen functional groups attached to an aromatic ring is 1. The zero-order chi connectivity index (χ0) is 14.6. The van der Waals surface area contributed by atoms with E-state index in [0.717, 1.165) is 0 Å². The number of aromatic nitrogens is 2. The van der Waals surface area contributed by atoms with Crippen LogP contribution < -0.4 is 16.6 Å². The molecule has 0 spiro atoms. The number of aliphatic hydroxyl groups is 1. The summed E-state index contributed by atoms with van der Waals surface area (Å²) >= 11 is 0. The molecule has 6 heteroatoms. The standard InChI is InChI=1S/C13H25N5O/c1-8(2)9(7-19)15-10-6-11(18-14)17-12(16-10)13(3,4)5/h6,8-9,19H,7,14H2,1-5H3,(H2,15,16,17,18)/t9-/m1/s1. The second kappa shape index (κ2) is 6.16. The van der Waals surface area contributed by atoms with Crippen molar-refractivity contribution < 1.29 is 5.11 Å². The minimum atomic E-state index is -0.171. The molecule has 1 aromatic heterocycles. The molecule has 19 heavy (non-hydrogen) atoms. The molecule has 0 aliphatic rings. The first-order valence-electron chi connectivity index (χ1n) is 6.51. The van der Waals surface area contributed by atoms with Crippen LogP contribution in [0.15, 0.2) is 6.07 Å². The molecule has 0 saturated carbocycles. The average molecular weight is 267 g/mol. The highest BCUT2D eigenvalue weighted by atomic mass is 16.3. The fourth-order valence-electron chi connectivity index (χ4n) is 1.54. The normalized spacial score (nSPS) is 13.5. The van der Waals surface area contributed by atoms with Gasteiger partial charge in [0.05, 0.1) is 12.6 Å². The molecule has 0 radical (unpaired) electrons. The Morgan fingerprint density at radius 1 is 1.26 bits per heavy atom. The van der Waals surface area contributed by atoms with E-state index < -0.39 is 0 Å². The number of nitrogens with zero attached hydrogens (tertiary/aromatic N) is 2. The maximum absolute atomic E-state index is 9.37. The molecule has 0 fully saturated rings. The number of hydrogen-bond donors (Lipinski definition) is 4. The van der Waals surface area contributed by atoms with Crippen molar-refractivity contribution in [1.82, 2.24) is 9.97 Å². The van der Waals surface area contributed by atoms with Gasteiger partial charge in [-0.05, 0) is 5.92 Å². The first-order valence-corrected chi connectivity index (χ1v) is 6.51. The van der Waals surface area contributed by atoms with Crippen molar-refractivity contribution in [2.24, 2.45) is 11.8 Å². The topological polar surface area (TPSA) is 96.1 Å². The molecule has 1 atom stereocenters. The summed E-state index contributed by atoms with van der Waals surface area (Å²) in [5, 5.41) is 12.6. The van der Waals surface area contributed by atoms with Crippen molar-refractivity contribution in [2.75, 3.05) is 17.3 Å². The second-order valence-corrected chi connectivity index (χ2v) is 6.03. The average Bonchev–Trinajstić information content (AvgIpc) is 2.34. The third-order valence-corrected chi connectivity index (χ3v) is 2.88. The zero-order valence-corrected chi connectivity index (χ0v) is 12.4. The Hall–Kier alpha value is -1.40. The van der Waals surface area contributed by atoms with E-state index in [-0.39, 0.29) is 18.1 Å². The van der Waals surface area contributed by atoms with E-state index in [2.05, 4.69) is 20.7 Å². The zero-order valence-electron chi connectivity index (χ0n) is 12.4. The Balaban J connectivity index is 3.07. The molecule has 6 nitrogen and oxygen atoms in total. The van der Waals surface area contributed by atoms with Crippen molar-refractivity contribution in [3.05, 3.63) is 11.9 Å². The lowest BCUT2D eigenvalue weighted by atomic mass is 9.96. The molecule has 0 saturated heterocycles. The van der Waals surface area contributed by atoms with E-state index in [1.807, 2.05) is 34.6 Å². The molecular weight excluding hydrogens is 242 g/mol. The predicted molar refractivity (Wildman–Crippen MR) is 77.9 cm³/mol. The highest BCUT2D eigenvalue weighted by Crippen LogP contribution is 2.22. The van der Waals surface area contributed by atoms with E-state index in [1.54, 1.807) is 6.07 Å². The van der Waals surface area contributed by atoms with Crippen molar-refractivity contribution in [1.29, 1.82) is 0 Å². The molecule has 0 aromatic carbocycles. The van der Waals surface area contributed by atoms with Gasteiger partial charge >= 0.3 is 0 Å². The summed E-state index contributed by atoms with van der Waals surface area (Å²) in [6.07, 6.45) is 0. The van der Waals surface area contributed by atoms with Gasteiger partial charge in [-0.2, -0.15) is 0 Å². The van der Waals surface area contributed by atoms with Crippen LogP contribution in [-0.4, -0.2) is 27.7 Å². The Kier molecular flexibility index (Phi) is 5.08. The highest BCUT2D eigenvalue weighted by molar-refractivity contribution is 5.48. The number of anilines is 2. The van der Waals surface area contributed by atoms with E-state index in [1.165, 1.54) is 0 Å². The molecule has 5 N–H and O–H groups in total. The van der Waals surface area contributed by atoms with E-state index in [0.29, 0.717) is 23.4 Å². The fourth-order valence-corrected chi connectivity index (χ4v) is 1.54. The molecule has 0 aliphatic carbocycles. The number of hydrazine groups is 1. The molecule has 0 unspecified atom stereocenters. The molecule has 1 aromatic rings. The summed E-state index contributed by atoms with van der Waals surface area (Å²) in [4.78, 5) is 8.85. The monoisotopic (exact) mass is 267 g/mol. The van der Waals surface area contributed by atoms with Crippen LogP contribution in [0.2, 0.25) is 0 Å². The van der Waals surface area contributed by atoms with Crippen LogP contribution in [0, 0.1) is 5.92 Å². The maximum Gasteiger partial charge on any atom is 0.145 e. The Bertz CT molecular complexity index is 414. The van der Waals surface area contributed by atoms with Crippen LogP contribution in [0.3, 0.4) is 0 Å². The van der Waals surface area contributed by atoms with Crippen LogP contribution in [-0.2, 0) is 5.41 Å². The lowest BCUT2D eigenvalue weighted by molar-refractivity contribution is 0.249. The largest absolute Gasteiger partial charge is 0.394 e. The van der Waals surface area contributed by atoms with Crippen LogP contribution in [0.4, 0.5) is 11.6 Å². The highest BCUT2D eigenvalue weighted by Gasteiger charge is 2.20. The summed E-state index contributed by atoms with van der Waals surface area (Å²) in [5.41, 5.74) is 2.38. The van der Waals surface area contributed by atoms with Crippen LogP contribution in [0.1, 0.15) is 40.4 Å². The molecule has 0 aliphatic heterocycles. The summed E-state index contributed by atoms with van der Waals surface area (Å²) in [7, 11) is 0. The third kappa shape index (κ3) is 4.33. The molecule has 0 amide bonds. The third-order valence-electron chi connectivity index (χ3n) is 2.88. The number of hydrogen-bond acceptors (Lipinski definition) is 6. The van der Waals surface area contributed by atoms with Gasteiger partial charge in [-0.1, -0.05) is 34.6 Å². The van der Waals surface area contributed by atoms with Crippen LogP contribution in [0.25, 0.3) is 0 Å². The van der Waals surface area contributed by atoms with Gasteiger partial charge in [-0.25, -0.2) is 15.8 Å². The Labute approximate surface area is 114 Å². The maximum atomic E-state index is 9.37. The number of nitrogens with two attached hydrogens (primary N) is 1. The van der Waals surface area contributed by atoms with Gasteiger partial charge in [0.1, 0.15) is 17.5 Å². The summed E-state index contributed by atoms with van der Waals surface area (Å²) in [6.45, 7) is 10.3. The molecule has 0 bridgehead atoms. The predicted octanol–water partition coefficient (Wildman–Crippen LogP) is 1.49. The molecular formula is C13H25N5O. The Morgan fingerprint density at radius 2 is 1.84 bits per heavy atom. The molecule has 1 heterocycles. The lowest BCUT2D eigenvalue weighted by Gasteiger charge is -2.23. The summed E-state index contributed by atoms with van der Waals surface area (Å²) in [5.74, 6) is 7.66. The van der Waals surface area contributed by atoms with E-state index >= 15 is 0 Å². The van der Waals surface area contributed by atoms with Crippen molar-refractivity contribution in [3.63, 3.8) is 0 Å². The van der Waals surface area contributed by atoms with Gasteiger partial charge in [0, 0.05) is 11.5 Å². The SMILES string of the molecule is CC(C)[C@@H](CO)Nc1cc(NN)nc(C(C)(C)C)n1. The van der Waals surface area contributed by atoms with Crippen molar-refractivity contribution >= 4 is 11.6 Å².